The number of nitrogens with zero attached hydrogens (tertiary/aromatic N) is 1. The molecule has 1 rings (SSSR count). The highest BCUT2D eigenvalue weighted by atomic mass is 16.6. The molecule has 104 valence electrons. The van der Waals surface area contributed by atoms with E-state index in [0.29, 0.717) is 18.2 Å². The van der Waals surface area contributed by atoms with E-state index >= 15 is 0 Å². The average molecular weight is 265 g/mol. The highest BCUT2D eigenvalue weighted by molar-refractivity contribution is 5.94. The highest BCUT2D eigenvalue weighted by Crippen LogP contribution is 2.26. The number of nitrogens with one attached hydrogen (secondary N) is 1. The van der Waals surface area contributed by atoms with Crippen molar-refractivity contribution in [1.29, 1.82) is 0 Å². The van der Waals surface area contributed by atoms with Gasteiger partial charge in [-0.25, -0.2) is 0 Å². The molecule has 1 amide bonds. The Balaban J connectivity index is 2.94. The number of nitro benzene ring substituents is 1. The van der Waals surface area contributed by atoms with E-state index in [2.05, 4.69) is 19.2 Å². The lowest BCUT2D eigenvalue weighted by Crippen LogP contribution is -2.15. The number of anilines is 1. The summed E-state index contributed by atoms with van der Waals surface area (Å²) in [6.45, 7) is 4.84. The summed E-state index contributed by atoms with van der Waals surface area (Å²) in [5.41, 5.74) is 5.55. The summed E-state index contributed by atoms with van der Waals surface area (Å²) < 4.78 is 0. The summed E-state index contributed by atoms with van der Waals surface area (Å²) in [6, 6.07) is 4.22. The van der Waals surface area contributed by atoms with Gasteiger partial charge >= 0.3 is 0 Å². The lowest BCUT2D eigenvalue weighted by Gasteiger charge is -2.14. The van der Waals surface area contributed by atoms with Crippen LogP contribution in [-0.4, -0.2) is 17.4 Å². The normalized spacial score (nSPS) is 10.5. The minimum Gasteiger partial charge on any atom is -0.379 e. The molecule has 0 unspecified atom stereocenters. The number of benzene rings is 1. The standard InChI is InChI=1S/C13H19N3O3/c1-3-9(4-2)8-15-11-6-5-10(13(14)17)7-12(11)16(18)19/h5-7,9,15H,3-4,8H2,1-2H3,(H2,14,17). The molecule has 1 aromatic carbocycles. The van der Waals surface area contributed by atoms with Crippen LogP contribution >= 0.6 is 0 Å². The first-order chi connectivity index (χ1) is 8.99. The number of hydrogen-bond donors (Lipinski definition) is 2. The first kappa shape index (κ1) is 14.9. The molecule has 0 atom stereocenters. The SMILES string of the molecule is CCC(CC)CNc1ccc(C(N)=O)cc1[N+](=O)[O-]. The summed E-state index contributed by atoms with van der Waals surface area (Å²) in [6.07, 6.45) is 2.02. The summed E-state index contributed by atoms with van der Waals surface area (Å²) in [4.78, 5) is 21.5. The van der Waals surface area contributed by atoms with Crippen molar-refractivity contribution in [3.05, 3.63) is 33.9 Å². The van der Waals surface area contributed by atoms with Crippen LogP contribution in [-0.2, 0) is 0 Å². The van der Waals surface area contributed by atoms with Crippen LogP contribution in [0.1, 0.15) is 37.0 Å². The lowest BCUT2D eigenvalue weighted by atomic mass is 10.0. The topological polar surface area (TPSA) is 98.3 Å². The molecule has 0 saturated carbocycles. The molecule has 0 heterocycles. The zero-order valence-corrected chi connectivity index (χ0v) is 11.2. The van der Waals surface area contributed by atoms with E-state index in [1.54, 1.807) is 0 Å². The molecule has 0 aliphatic rings. The van der Waals surface area contributed by atoms with E-state index < -0.39 is 10.8 Å². The van der Waals surface area contributed by atoms with Crippen molar-refractivity contribution in [3.63, 3.8) is 0 Å². The van der Waals surface area contributed by atoms with Crippen molar-refractivity contribution in [2.75, 3.05) is 11.9 Å². The lowest BCUT2D eigenvalue weighted by molar-refractivity contribution is -0.384. The van der Waals surface area contributed by atoms with E-state index in [4.69, 9.17) is 5.73 Å². The molecule has 3 N–H and O–H groups in total. The third kappa shape index (κ3) is 3.94. The maximum atomic E-state index is 11.0. The highest BCUT2D eigenvalue weighted by Gasteiger charge is 2.17. The summed E-state index contributed by atoms with van der Waals surface area (Å²) in [5.74, 6) is -0.204. The zero-order valence-electron chi connectivity index (χ0n) is 11.2. The van der Waals surface area contributed by atoms with Gasteiger partial charge in [0.25, 0.3) is 5.69 Å². The molecule has 0 spiro atoms. The van der Waals surface area contributed by atoms with Crippen molar-refractivity contribution >= 4 is 17.3 Å². The molecule has 0 radical (unpaired) electrons. The fourth-order valence-electron chi connectivity index (χ4n) is 1.82. The second-order valence-electron chi connectivity index (χ2n) is 4.42. The van der Waals surface area contributed by atoms with Crippen LogP contribution in [0.4, 0.5) is 11.4 Å². The van der Waals surface area contributed by atoms with E-state index in [1.165, 1.54) is 18.2 Å². The fraction of sp³-hybridized carbons (Fsp3) is 0.462. The Kier molecular flexibility index (Phi) is 5.29. The molecule has 0 aromatic heterocycles. The molecular weight excluding hydrogens is 246 g/mol. The molecule has 0 bridgehead atoms. The fourth-order valence-corrected chi connectivity index (χ4v) is 1.82. The number of carbonyl (C=O) groups is 1. The Morgan fingerprint density at radius 1 is 1.42 bits per heavy atom. The molecule has 1 aromatic rings. The van der Waals surface area contributed by atoms with Crippen LogP contribution < -0.4 is 11.1 Å². The van der Waals surface area contributed by atoms with Gasteiger partial charge in [0, 0.05) is 18.2 Å². The van der Waals surface area contributed by atoms with E-state index in [1.807, 2.05) is 0 Å². The number of hydrogen-bond acceptors (Lipinski definition) is 4. The van der Waals surface area contributed by atoms with Gasteiger partial charge in [-0.3, -0.25) is 14.9 Å². The summed E-state index contributed by atoms with van der Waals surface area (Å²) in [7, 11) is 0. The minimum atomic E-state index is -0.672. The molecular formula is C13H19N3O3. The molecule has 0 aliphatic heterocycles. The quantitative estimate of drug-likeness (QED) is 0.584. The van der Waals surface area contributed by atoms with Gasteiger partial charge in [-0.15, -0.1) is 0 Å². The van der Waals surface area contributed by atoms with Crippen LogP contribution in [0.2, 0.25) is 0 Å². The molecule has 6 heteroatoms. The van der Waals surface area contributed by atoms with Gasteiger partial charge in [0.1, 0.15) is 5.69 Å². The number of carbonyl (C=O) groups excluding carboxylic acids is 1. The smallest absolute Gasteiger partial charge is 0.293 e. The molecule has 6 nitrogen and oxygen atoms in total. The van der Waals surface area contributed by atoms with Gasteiger partial charge in [-0.2, -0.15) is 0 Å². The van der Waals surface area contributed by atoms with Crippen molar-refractivity contribution in [3.8, 4) is 0 Å². The molecule has 19 heavy (non-hydrogen) atoms. The van der Waals surface area contributed by atoms with Crippen molar-refractivity contribution in [2.24, 2.45) is 11.7 Å². The maximum absolute atomic E-state index is 11.0. The second-order valence-corrected chi connectivity index (χ2v) is 4.42. The largest absolute Gasteiger partial charge is 0.379 e. The predicted octanol–water partition coefficient (Wildman–Crippen LogP) is 2.54. The number of rotatable bonds is 7. The zero-order chi connectivity index (χ0) is 14.4. The maximum Gasteiger partial charge on any atom is 0.293 e. The summed E-state index contributed by atoms with van der Waals surface area (Å²) in [5, 5.41) is 14.1. The Labute approximate surface area is 112 Å². The van der Waals surface area contributed by atoms with E-state index in [0.717, 1.165) is 12.8 Å². The van der Waals surface area contributed by atoms with Crippen LogP contribution in [0.25, 0.3) is 0 Å². The molecule has 0 fully saturated rings. The van der Waals surface area contributed by atoms with Gasteiger partial charge < -0.3 is 11.1 Å². The number of nitro groups is 1. The summed E-state index contributed by atoms with van der Waals surface area (Å²) >= 11 is 0. The first-order valence-corrected chi connectivity index (χ1v) is 6.31. The predicted molar refractivity (Wildman–Crippen MR) is 74.2 cm³/mol. The van der Waals surface area contributed by atoms with Crippen LogP contribution in [0.5, 0.6) is 0 Å². The van der Waals surface area contributed by atoms with Crippen molar-refractivity contribution < 1.29 is 9.72 Å². The monoisotopic (exact) mass is 265 g/mol. The van der Waals surface area contributed by atoms with Gasteiger partial charge in [0.05, 0.1) is 4.92 Å². The Bertz CT molecular complexity index is 470. The first-order valence-electron chi connectivity index (χ1n) is 6.31. The Morgan fingerprint density at radius 3 is 2.53 bits per heavy atom. The average Bonchev–Trinajstić information content (AvgIpc) is 2.39. The van der Waals surface area contributed by atoms with Crippen LogP contribution in [0.15, 0.2) is 18.2 Å². The Hall–Kier alpha value is -2.11. The van der Waals surface area contributed by atoms with Crippen molar-refractivity contribution in [1.82, 2.24) is 0 Å². The van der Waals surface area contributed by atoms with Crippen molar-refractivity contribution in [2.45, 2.75) is 26.7 Å². The van der Waals surface area contributed by atoms with Gasteiger partial charge in [-0.1, -0.05) is 26.7 Å². The number of primary amides is 1. The second kappa shape index (κ2) is 6.72. The van der Waals surface area contributed by atoms with Crippen LogP contribution in [0, 0.1) is 16.0 Å². The minimum absolute atomic E-state index is 0.123. The Morgan fingerprint density at radius 2 is 2.05 bits per heavy atom. The molecule has 0 aliphatic carbocycles. The van der Waals surface area contributed by atoms with Gasteiger partial charge in [0.15, 0.2) is 0 Å². The van der Waals surface area contributed by atoms with E-state index in [-0.39, 0.29) is 11.3 Å². The van der Waals surface area contributed by atoms with Gasteiger partial charge in [0.2, 0.25) is 5.91 Å². The third-order valence-corrected chi connectivity index (χ3v) is 3.21. The third-order valence-electron chi connectivity index (χ3n) is 3.21. The number of nitrogens with two attached hydrogens (primary N) is 1. The van der Waals surface area contributed by atoms with Crippen LogP contribution in [0.3, 0.4) is 0 Å². The number of amides is 1. The molecule has 0 saturated heterocycles. The van der Waals surface area contributed by atoms with Gasteiger partial charge in [-0.05, 0) is 18.1 Å². The van der Waals surface area contributed by atoms with E-state index in [9.17, 15) is 14.9 Å².